The van der Waals surface area contributed by atoms with Gasteiger partial charge in [-0.05, 0) is 32.0 Å². The zero-order chi connectivity index (χ0) is 14.0. The highest BCUT2D eigenvalue weighted by Crippen LogP contribution is 2.22. The van der Waals surface area contributed by atoms with Crippen molar-refractivity contribution in [3.05, 3.63) is 39.3 Å². The lowest BCUT2D eigenvalue weighted by atomic mass is 10.1. The normalized spacial score (nSPS) is 9.95. The predicted octanol–water partition coefficient (Wildman–Crippen LogP) is 2.47. The second kappa shape index (κ2) is 5.08. The SMILES string of the molecule is Cc1nc(C)c(C(=O)Nc2ccc(N)cc2C#N)s1. The van der Waals surface area contributed by atoms with Gasteiger partial charge in [-0.25, -0.2) is 4.98 Å². The lowest BCUT2D eigenvalue weighted by Gasteiger charge is -2.06. The number of rotatable bonds is 2. The minimum absolute atomic E-state index is 0.260. The fourth-order valence-corrected chi connectivity index (χ4v) is 2.50. The van der Waals surface area contributed by atoms with Crippen LogP contribution in [0.2, 0.25) is 0 Å². The van der Waals surface area contributed by atoms with E-state index in [9.17, 15) is 4.79 Å². The Kier molecular flexibility index (Phi) is 3.49. The molecule has 2 rings (SSSR count). The van der Waals surface area contributed by atoms with Gasteiger partial charge in [-0.1, -0.05) is 0 Å². The van der Waals surface area contributed by atoms with Crippen LogP contribution in [0.4, 0.5) is 11.4 Å². The van der Waals surface area contributed by atoms with Crippen molar-refractivity contribution in [2.75, 3.05) is 11.1 Å². The van der Waals surface area contributed by atoms with Crippen molar-refractivity contribution >= 4 is 28.6 Å². The summed E-state index contributed by atoms with van der Waals surface area (Å²) in [6, 6.07) is 6.79. The molecule has 5 nitrogen and oxygen atoms in total. The first-order valence-corrected chi connectivity index (χ1v) is 6.38. The summed E-state index contributed by atoms with van der Waals surface area (Å²) in [4.78, 5) is 16.9. The molecule has 0 aliphatic carbocycles. The minimum Gasteiger partial charge on any atom is -0.399 e. The average Bonchev–Trinajstić information content (AvgIpc) is 2.70. The number of hydrogen-bond acceptors (Lipinski definition) is 5. The Morgan fingerprint density at radius 1 is 1.47 bits per heavy atom. The number of nitrogen functional groups attached to an aromatic ring is 1. The first kappa shape index (κ1) is 13.1. The van der Waals surface area contributed by atoms with Crippen LogP contribution in [-0.4, -0.2) is 10.9 Å². The molecule has 1 amide bonds. The molecule has 0 spiro atoms. The van der Waals surface area contributed by atoms with E-state index in [1.807, 2.05) is 13.0 Å². The van der Waals surface area contributed by atoms with Gasteiger partial charge in [0.05, 0.1) is 22.0 Å². The molecule has 0 unspecified atom stereocenters. The number of aromatic nitrogens is 1. The molecule has 1 aromatic carbocycles. The number of thiazole rings is 1. The maximum absolute atomic E-state index is 12.1. The largest absolute Gasteiger partial charge is 0.399 e. The molecule has 2 aromatic rings. The molecule has 0 radical (unpaired) electrons. The van der Waals surface area contributed by atoms with E-state index < -0.39 is 0 Å². The summed E-state index contributed by atoms with van der Waals surface area (Å²) >= 11 is 1.33. The maximum Gasteiger partial charge on any atom is 0.267 e. The number of carbonyl (C=O) groups excluding carboxylic acids is 1. The second-order valence-electron chi connectivity index (χ2n) is 4.02. The standard InChI is InChI=1S/C13H12N4OS/c1-7-12(19-8(2)16-7)13(18)17-11-4-3-10(15)5-9(11)6-14/h3-5H,15H2,1-2H3,(H,17,18). The summed E-state index contributed by atoms with van der Waals surface area (Å²) in [6.45, 7) is 3.63. The van der Waals surface area contributed by atoms with Gasteiger partial charge in [-0.15, -0.1) is 11.3 Å². The lowest BCUT2D eigenvalue weighted by molar-refractivity contribution is 0.103. The van der Waals surface area contributed by atoms with Gasteiger partial charge in [0.25, 0.3) is 5.91 Å². The summed E-state index contributed by atoms with van der Waals surface area (Å²) in [5.74, 6) is -0.260. The molecule has 0 fully saturated rings. The molecule has 1 heterocycles. The zero-order valence-corrected chi connectivity index (χ0v) is 11.3. The summed E-state index contributed by atoms with van der Waals surface area (Å²) in [5, 5.41) is 12.6. The Hall–Kier alpha value is -2.39. The van der Waals surface area contributed by atoms with E-state index in [0.717, 1.165) is 5.01 Å². The van der Waals surface area contributed by atoms with Gasteiger partial charge in [0.1, 0.15) is 10.9 Å². The van der Waals surface area contributed by atoms with E-state index in [4.69, 9.17) is 11.0 Å². The highest BCUT2D eigenvalue weighted by atomic mass is 32.1. The van der Waals surface area contributed by atoms with Gasteiger partial charge >= 0.3 is 0 Å². The van der Waals surface area contributed by atoms with E-state index in [-0.39, 0.29) is 5.91 Å². The van der Waals surface area contributed by atoms with E-state index in [1.165, 1.54) is 17.4 Å². The second-order valence-corrected chi connectivity index (χ2v) is 5.22. The van der Waals surface area contributed by atoms with Crippen molar-refractivity contribution in [2.24, 2.45) is 0 Å². The Labute approximate surface area is 114 Å². The summed E-state index contributed by atoms with van der Waals surface area (Å²) < 4.78 is 0. The van der Waals surface area contributed by atoms with E-state index in [1.54, 1.807) is 19.1 Å². The molecule has 6 heteroatoms. The van der Waals surface area contributed by atoms with Gasteiger partial charge in [0.2, 0.25) is 0 Å². The van der Waals surface area contributed by atoms with E-state index in [0.29, 0.717) is 27.5 Å². The maximum atomic E-state index is 12.1. The lowest BCUT2D eigenvalue weighted by Crippen LogP contribution is -2.12. The fraction of sp³-hybridized carbons (Fsp3) is 0.154. The van der Waals surface area contributed by atoms with Crippen molar-refractivity contribution < 1.29 is 4.79 Å². The highest BCUT2D eigenvalue weighted by molar-refractivity contribution is 7.13. The molecular weight excluding hydrogens is 260 g/mol. The molecule has 3 N–H and O–H groups in total. The van der Waals surface area contributed by atoms with Crippen LogP contribution >= 0.6 is 11.3 Å². The van der Waals surface area contributed by atoms with E-state index >= 15 is 0 Å². The minimum atomic E-state index is -0.260. The van der Waals surface area contributed by atoms with Crippen molar-refractivity contribution in [1.29, 1.82) is 5.26 Å². The topological polar surface area (TPSA) is 91.8 Å². The molecule has 0 saturated heterocycles. The summed E-state index contributed by atoms with van der Waals surface area (Å²) in [5.41, 5.74) is 7.57. The zero-order valence-electron chi connectivity index (χ0n) is 10.5. The fourth-order valence-electron chi connectivity index (χ4n) is 1.68. The number of carbonyl (C=O) groups is 1. The van der Waals surface area contributed by atoms with Gasteiger partial charge in [0.15, 0.2) is 0 Å². The third kappa shape index (κ3) is 2.72. The Bertz CT molecular complexity index is 684. The molecule has 0 atom stereocenters. The molecule has 0 aliphatic rings. The van der Waals surface area contributed by atoms with Crippen LogP contribution in [0.5, 0.6) is 0 Å². The van der Waals surface area contributed by atoms with Crippen LogP contribution in [0.15, 0.2) is 18.2 Å². The molecule has 0 bridgehead atoms. The van der Waals surface area contributed by atoms with Crippen molar-refractivity contribution in [3.63, 3.8) is 0 Å². The smallest absolute Gasteiger partial charge is 0.267 e. The first-order chi connectivity index (χ1) is 9.01. The first-order valence-electron chi connectivity index (χ1n) is 5.56. The number of amides is 1. The van der Waals surface area contributed by atoms with Gasteiger partial charge < -0.3 is 11.1 Å². The summed E-state index contributed by atoms with van der Waals surface area (Å²) in [6.07, 6.45) is 0. The number of anilines is 2. The number of nitrogens with zero attached hydrogens (tertiary/aromatic N) is 2. The van der Waals surface area contributed by atoms with Crippen LogP contribution < -0.4 is 11.1 Å². The van der Waals surface area contributed by atoms with Crippen LogP contribution in [0.25, 0.3) is 0 Å². The molecule has 0 saturated carbocycles. The Balaban J connectivity index is 2.29. The number of nitrogens with two attached hydrogens (primary N) is 1. The molecular formula is C13H12N4OS. The molecule has 19 heavy (non-hydrogen) atoms. The summed E-state index contributed by atoms with van der Waals surface area (Å²) in [7, 11) is 0. The van der Waals surface area contributed by atoms with Crippen LogP contribution in [0.3, 0.4) is 0 Å². The van der Waals surface area contributed by atoms with Crippen LogP contribution in [-0.2, 0) is 0 Å². The third-order valence-electron chi connectivity index (χ3n) is 2.52. The number of hydrogen-bond donors (Lipinski definition) is 2. The highest BCUT2D eigenvalue weighted by Gasteiger charge is 2.15. The van der Waals surface area contributed by atoms with Gasteiger partial charge in [-0.2, -0.15) is 5.26 Å². The number of aryl methyl sites for hydroxylation is 2. The van der Waals surface area contributed by atoms with Crippen LogP contribution in [0.1, 0.15) is 25.9 Å². The van der Waals surface area contributed by atoms with Gasteiger partial charge in [0, 0.05) is 5.69 Å². The number of benzene rings is 1. The quantitative estimate of drug-likeness (QED) is 0.821. The average molecular weight is 272 g/mol. The molecule has 1 aromatic heterocycles. The van der Waals surface area contributed by atoms with Gasteiger partial charge in [-0.3, -0.25) is 4.79 Å². The van der Waals surface area contributed by atoms with Crippen molar-refractivity contribution in [2.45, 2.75) is 13.8 Å². The monoisotopic (exact) mass is 272 g/mol. The number of nitriles is 1. The van der Waals surface area contributed by atoms with Crippen molar-refractivity contribution in [3.8, 4) is 6.07 Å². The number of nitrogens with one attached hydrogen (secondary N) is 1. The van der Waals surface area contributed by atoms with E-state index in [2.05, 4.69) is 10.3 Å². The van der Waals surface area contributed by atoms with Crippen LogP contribution in [0, 0.1) is 25.2 Å². The molecule has 96 valence electrons. The van der Waals surface area contributed by atoms with Crippen molar-refractivity contribution in [1.82, 2.24) is 4.98 Å². The third-order valence-corrected chi connectivity index (χ3v) is 3.59. The molecule has 0 aliphatic heterocycles. The Morgan fingerprint density at radius 3 is 2.79 bits per heavy atom. The predicted molar refractivity (Wildman–Crippen MR) is 75.1 cm³/mol. The Morgan fingerprint density at radius 2 is 2.21 bits per heavy atom.